The molecule has 0 aliphatic carbocycles. The molecule has 0 heterocycles. The molecule has 0 saturated carbocycles. The molecule has 0 radical (unpaired) electrons. The van der Waals surface area contributed by atoms with Crippen molar-refractivity contribution in [3.63, 3.8) is 0 Å². The van der Waals surface area contributed by atoms with Gasteiger partial charge in [-0.1, -0.05) is 76.6 Å². The van der Waals surface area contributed by atoms with Gasteiger partial charge in [0.25, 0.3) is 0 Å². The number of hydrogen-bond acceptors (Lipinski definition) is 8. The number of rotatable bonds is 20. The maximum absolute atomic E-state index is 14.5. The molecular weight excluding hydrogens is 734 g/mol. The number of nitrogens with zero attached hydrogens (tertiary/aromatic N) is 2. The number of aliphatic imine (C=N–C) groups is 2. The van der Waals surface area contributed by atoms with Crippen molar-refractivity contribution in [2.45, 2.75) is 65.2 Å². The van der Waals surface area contributed by atoms with E-state index in [0.717, 1.165) is 63.5 Å². The number of halogens is 3. The summed E-state index contributed by atoms with van der Waals surface area (Å²) in [6, 6.07) is 24.8. The smallest absolute Gasteiger partial charge is 0.343 e. The first-order valence-electron chi connectivity index (χ1n) is 19.1. The molecule has 0 fully saturated rings. The van der Waals surface area contributed by atoms with Crippen LogP contribution in [0, 0.1) is 17.5 Å². The normalized spacial score (nSPS) is 11.2. The molecule has 296 valence electrons. The van der Waals surface area contributed by atoms with Crippen LogP contribution in [0.15, 0.2) is 113 Å². The highest BCUT2D eigenvalue weighted by atomic mass is 19.1. The Morgan fingerprint density at radius 1 is 0.526 bits per heavy atom. The Balaban J connectivity index is 1.11. The zero-order chi connectivity index (χ0) is 40.4. The van der Waals surface area contributed by atoms with Crippen LogP contribution in [0.1, 0.15) is 97.1 Å². The van der Waals surface area contributed by atoms with E-state index in [1.807, 2.05) is 0 Å². The maximum Gasteiger partial charge on any atom is 0.343 e. The number of hydrogen-bond donors (Lipinski definition) is 0. The van der Waals surface area contributed by atoms with Crippen molar-refractivity contribution in [3.8, 4) is 23.0 Å². The average molecular weight is 779 g/mol. The van der Waals surface area contributed by atoms with Crippen molar-refractivity contribution >= 4 is 35.7 Å². The van der Waals surface area contributed by atoms with Crippen LogP contribution in [-0.4, -0.2) is 37.6 Å². The largest absolute Gasteiger partial charge is 0.491 e. The van der Waals surface area contributed by atoms with Crippen molar-refractivity contribution in [2.24, 2.45) is 9.98 Å². The molecule has 0 bridgehead atoms. The fraction of sp³-hybridized carbons (Fsp3) is 0.261. The average Bonchev–Trinajstić information content (AvgIpc) is 3.20. The topological polar surface area (TPSA) is 95.8 Å². The van der Waals surface area contributed by atoms with Gasteiger partial charge in [-0.05, 0) is 72.5 Å². The molecule has 0 amide bonds. The first-order chi connectivity index (χ1) is 27.7. The van der Waals surface area contributed by atoms with Gasteiger partial charge in [0, 0.05) is 42.8 Å². The minimum absolute atomic E-state index is 0.168. The van der Waals surface area contributed by atoms with Gasteiger partial charge in [-0.2, -0.15) is 0 Å². The van der Waals surface area contributed by atoms with Crippen molar-refractivity contribution in [1.82, 2.24) is 0 Å². The lowest BCUT2D eigenvalue weighted by molar-refractivity contribution is 0.0732. The lowest BCUT2D eigenvalue weighted by Crippen LogP contribution is -2.11. The van der Waals surface area contributed by atoms with Gasteiger partial charge < -0.3 is 18.9 Å². The molecule has 0 unspecified atom stereocenters. The molecule has 5 aromatic carbocycles. The minimum Gasteiger partial charge on any atom is -0.491 e. The van der Waals surface area contributed by atoms with Crippen LogP contribution in [0.5, 0.6) is 23.0 Å². The van der Waals surface area contributed by atoms with Gasteiger partial charge >= 0.3 is 11.9 Å². The second kappa shape index (κ2) is 21.8. The van der Waals surface area contributed by atoms with E-state index < -0.39 is 29.4 Å². The Labute approximate surface area is 331 Å². The number of unbranched alkanes of at least 4 members (excludes halogenated alkanes) is 6. The lowest BCUT2D eigenvalue weighted by atomic mass is 10.1. The van der Waals surface area contributed by atoms with E-state index >= 15 is 0 Å². The Kier molecular flexibility index (Phi) is 16.0. The number of carbonyl (C=O) groups excluding carboxylic acids is 2. The van der Waals surface area contributed by atoms with E-state index in [9.17, 15) is 22.8 Å². The first-order valence-corrected chi connectivity index (χ1v) is 19.1. The third-order valence-corrected chi connectivity index (χ3v) is 8.63. The van der Waals surface area contributed by atoms with E-state index in [-0.39, 0.29) is 34.1 Å². The molecule has 5 aromatic rings. The Morgan fingerprint density at radius 2 is 0.947 bits per heavy atom. The Hall–Kier alpha value is -6.23. The summed E-state index contributed by atoms with van der Waals surface area (Å²) < 4.78 is 65.3. The summed E-state index contributed by atoms with van der Waals surface area (Å²) in [5, 5.41) is 0. The predicted octanol–water partition coefficient (Wildman–Crippen LogP) is 12.0. The SMILES string of the molecule is CCCCCCOc1ccc(N=Cc2ccc(C(=O)Oc3cc(F)cc(OC(=O)c4ccc(C=Nc5ccc(OCCCCCC)c(F)c5)cc4)c3)cc2)cc1F. The zero-order valence-electron chi connectivity index (χ0n) is 32.0. The summed E-state index contributed by atoms with van der Waals surface area (Å²) in [5.41, 5.74) is 2.43. The maximum atomic E-state index is 14.5. The molecule has 8 nitrogen and oxygen atoms in total. The molecule has 0 saturated heterocycles. The monoisotopic (exact) mass is 778 g/mol. The highest BCUT2D eigenvalue weighted by molar-refractivity contribution is 5.93. The van der Waals surface area contributed by atoms with E-state index in [4.69, 9.17) is 18.9 Å². The van der Waals surface area contributed by atoms with Crippen molar-refractivity contribution < 1.29 is 41.7 Å². The second-order valence-electron chi connectivity index (χ2n) is 13.2. The lowest BCUT2D eigenvalue weighted by Gasteiger charge is -2.09. The van der Waals surface area contributed by atoms with Gasteiger partial charge in [0.2, 0.25) is 0 Å². The van der Waals surface area contributed by atoms with E-state index in [2.05, 4.69) is 23.8 Å². The fourth-order valence-electron chi connectivity index (χ4n) is 5.49. The van der Waals surface area contributed by atoms with Crippen molar-refractivity contribution in [2.75, 3.05) is 13.2 Å². The van der Waals surface area contributed by atoms with Crippen molar-refractivity contribution in [1.29, 1.82) is 0 Å². The molecule has 0 aromatic heterocycles. The summed E-state index contributed by atoms with van der Waals surface area (Å²) in [6.07, 6.45) is 11.3. The summed E-state index contributed by atoms with van der Waals surface area (Å²) in [5.74, 6) is -3.29. The Bertz CT molecular complexity index is 2000. The number of carbonyl (C=O) groups is 2. The van der Waals surface area contributed by atoms with Crippen LogP contribution in [-0.2, 0) is 0 Å². The van der Waals surface area contributed by atoms with Gasteiger partial charge in [-0.25, -0.2) is 22.8 Å². The fourth-order valence-corrected chi connectivity index (χ4v) is 5.49. The van der Waals surface area contributed by atoms with Crippen molar-refractivity contribution in [3.05, 3.63) is 143 Å². The van der Waals surface area contributed by atoms with E-state index in [0.29, 0.717) is 35.7 Å². The van der Waals surface area contributed by atoms with Gasteiger partial charge in [-0.3, -0.25) is 9.98 Å². The van der Waals surface area contributed by atoms with E-state index in [1.165, 1.54) is 54.9 Å². The predicted molar refractivity (Wildman–Crippen MR) is 216 cm³/mol. The van der Waals surface area contributed by atoms with Crippen LogP contribution in [0.2, 0.25) is 0 Å². The standard InChI is InChI=1S/C46H45F3N2O6/c1-3-5-7-9-23-54-43-21-19-37(27-41(43)48)50-30-32-11-15-34(16-12-32)45(52)56-39-25-36(47)26-40(29-39)57-46(53)35-17-13-33(14-18-35)31-51-38-20-22-44(42(49)28-38)55-24-10-8-6-4-2/h11-22,25-31H,3-10,23-24H2,1-2H3. The number of esters is 2. The van der Waals surface area contributed by atoms with Crippen LogP contribution in [0.3, 0.4) is 0 Å². The van der Waals surface area contributed by atoms with E-state index in [1.54, 1.807) is 48.5 Å². The quantitative estimate of drug-likeness (QED) is 0.0338. The molecule has 0 aliphatic rings. The molecule has 11 heteroatoms. The third-order valence-electron chi connectivity index (χ3n) is 8.63. The van der Waals surface area contributed by atoms with Crippen LogP contribution in [0.25, 0.3) is 0 Å². The number of benzene rings is 5. The minimum atomic E-state index is -0.785. The van der Waals surface area contributed by atoms with Gasteiger partial charge in [0.05, 0.1) is 35.7 Å². The second-order valence-corrected chi connectivity index (χ2v) is 13.2. The molecule has 0 N–H and O–H groups in total. The molecule has 57 heavy (non-hydrogen) atoms. The molecular formula is C46H45F3N2O6. The van der Waals surface area contributed by atoms with Gasteiger partial charge in [0.15, 0.2) is 23.1 Å². The number of ether oxygens (including phenoxy) is 4. The molecule has 0 aliphatic heterocycles. The molecule has 5 rings (SSSR count). The van der Waals surface area contributed by atoms with Gasteiger partial charge in [0.1, 0.15) is 17.3 Å². The third kappa shape index (κ3) is 13.5. The molecule has 0 atom stereocenters. The highest BCUT2D eigenvalue weighted by Gasteiger charge is 2.14. The van der Waals surface area contributed by atoms with Gasteiger partial charge in [-0.15, -0.1) is 0 Å². The van der Waals surface area contributed by atoms with Crippen LogP contribution >= 0.6 is 0 Å². The summed E-state index contributed by atoms with van der Waals surface area (Å²) in [6.45, 7) is 5.15. The summed E-state index contributed by atoms with van der Waals surface area (Å²) in [7, 11) is 0. The highest BCUT2D eigenvalue weighted by Crippen LogP contribution is 2.26. The summed E-state index contributed by atoms with van der Waals surface area (Å²) in [4.78, 5) is 34.3. The summed E-state index contributed by atoms with van der Waals surface area (Å²) >= 11 is 0. The zero-order valence-corrected chi connectivity index (χ0v) is 32.0. The van der Waals surface area contributed by atoms with Crippen LogP contribution < -0.4 is 18.9 Å². The first kappa shape index (κ1) is 41.9. The Morgan fingerprint density at radius 3 is 1.33 bits per heavy atom. The van der Waals surface area contributed by atoms with Crippen LogP contribution in [0.4, 0.5) is 24.5 Å². The molecule has 0 spiro atoms.